The summed E-state index contributed by atoms with van der Waals surface area (Å²) in [7, 11) is 1.68. The minimum absolute atomic E-state index is 0.0152. The molecule has 2 saturated heterocycles. The lowest BCUT2D eigenvalue weighted by Crippen LogP contribution is -2.50. The lowest BCUT2D eigenvalue weighted by atomic mass is 9.85. The number of hydrogen-bond donors (Lipinski definition) is 0. The van der Waals surface area contributed by atoms with Crippen molar-refractivity contribution >= 4 is 17.5 Å². The number of likely N-dealkylation sites (tertiary alicyclic amines) is 1. The summed E-state index contributed by atoms with van der Waals surface area (Å²) in [5.41, 5.74) is 2.24. The van der Waals surface area contributed by atoms with Gasteiger partial charge in [-0.2, -0.15) is 0 Å². The largest absolute Gasteiger partial charge is 0.495 e. The number of amides is 2. The molecule has 1 aromatic carbocycles. The Labute approximate surface area is 173 Å². The minimum Gasteiger partial charge on any atom is -0.495 e. The van der Waals surface area contributed by atoms with E-state index in [1.807, 2.05) is 34.1 Å². The van der Waals surface area contributed by atoms with E-state index in [9.17, 15) is 9.59 Å². The van der Waals surface area contributed by atoms with Crippen LogP contribution in [0.2, 0.25) is 0 Å². The second-order valence-electron chi connectivity index (χ2n) is 8.16. The number of piperazine rings is 1. The fourth-order valence-electron chi connectivity index (χ4n) is 4.87. The summed E-state index contributed by atoms with van der Waals surface area (Å²) in [6, 6.07) is 7.96. The predicted octanol–water partition coefficient (Wildman–Crippen LogP) is 3.04. The molecule has 0 radical (unpaired) electrons. The van der Waals surface area contributed by atoms with Crippen LogP contribution in [0.5, 0.6) is 5.75 Å². The maximum atomic E-state index is 12.9. The number of carbonyl (C=O) groups is 2. The molecule has 2 heterocycles. The van der Waals surface area contributed by atoms with Crippen LogP contribution >= 0.6 is 0 Å². The summed E-state index contributed by atoms with van der Waals surface area (Å²) in [5, 5.41) is 0. The first-order valence-electron chi connectivity index (χ1n) is 10.8. The lowest BCUT2D eigenvalue weighted by molar-refractivity contribution is -0.140. The fraction of sp³-hybridized carbons (Fsp3) is 0.565. The predicted molar refractivity (Wildman–Crippen MR) is 113 cm³/mol. The topological polar surface area (TPSA) is 53.1 Å². The van der Waals surface area contributed by atoms with Crippen molar-refractivity contribution in [2.75, 3.05) is 44.7 Å². The van der Waals surface area contributed by atoms with Gasteiger partial charge in [-0.05, 0) is 50.2 Å². The van der Waals surface area contributed by atoms with Crippen LogP contribution in [0.3, 0.4) is 0 Å². The van der Waals surface area contributed by atoms with Crippen LogP contribution in [0.1, 0.15) is 38.5 Å². The first-order chi connectivity index (χ1) is 14.2. The highest BCUT2D eigenvalue weighted by Gasteiger charge is 2.32. The molecule has 6 nitrogen and oxygen atoms in total. The fourth-order valence-corrected chi connectivity index (χ4v) is 4.87. The molecule has 2 amide bonds. The number of allylic oxidation sites excluding steroid dienone is 2. The number of fused-ring (bicyclic) bond motifs is 1. The van der Waals surface area contributed by atoms with Crippen molar-refractivity contribution < 1.29 is 14.3 Å². The van der Waals surface area contributed by atoms with Crippen LogP contribution in [0.15, 0.2) is 36.0 Å². The van der Waals surface area contributed by atoms with E-state index in [0.717, 1.165) is 43.9 Å². The molecule has 3 aliphatic rings. The Morgan fingerprint density at radius 2 is 1.76 bits per heavy atom. The number of methoxy groups -OCH3 is 1. The third kappa shape index (κ3) is 4.26. The highest BCUT2D eigenvalue weighted by atomic mass is 16.5. The summed E-state index contributed by atoms with van der Waals surface area (Å²) >= 11 is 0. The van der Waals surface area contributed by atoms with Gasteiger partial charge in [0.05, 0.1) is 12.8 Å². The standard InChI is InChI=1S/C23H31N3O3/c1-29-21-11-5-4-10-20(21)24-13-15-25(16-14-24)22(27)17-23(28)26-12-6-8-18-7-2-3-9-19(18)26/h4-5,9-11,18H,2-3,6-8,12-17H2,1H3. The molecule has 2 fully saturated rings. The van der Waals surface area contributed by atoms with Crippen molar-refractivity contribution in [1.29, 1.82) is 0 Å². The van der Waals surface area contributed by atoms with Gasteiger partial charge in [-0.1, -0.05) is 18.2 Å². The Morgan fingerprint density at radius 3 is 2.55 bits per heavy atom. The second kappa shape index (κ2) is 8.89. The summed E-state index contributed by atoms with van der Waals surface area (Å²) < 4.78 is 5.46. The van der Waals surface area contributed by atoms with Crippen LogP contribution in [0.4, 0.5) is 5.69 Å². The lowest BCUT2D eigenvalue weighted by Gasteiger charge is -2.39. The molecular weight excluding hydrogens is 366 g/mol. The second-order valence-corrected chi connectivity index (χ2v) is 8.16. The molecule has 0 saturated carbocycles. The Balaban J connectivity index is 1.33. The van der Waals surface area contributed by atoms with Crippen LogP contribution in [0.25, 0.3) is 0 Å². The molecule has 4 rings (SSSR count). The summed E-state index contributed by atoms with van der Waals surface area (Å²) in [4.78, 5) is 31.7. The van der Waals surface area contributed by atoms with E-state index in [-0.39, 0.29) is 18.2 Å². The molecule has 1 aromatic rings. The summed E-state index contributed by atoms with van der Waals surface area (Å²) in [5.74, 6) is 1.29. The zero-order chi connectivity index (χ0) is 20.2. The van der Waals surface area contributed by atoms with Crippen LogP contribution in [0, 0.1) is 5.92 Å². The van der Waals surface area contributed by atoms with Crippen molar-refractivity contribution in [3.63, 3.8) is 0 Å². The first kappa shape index (κ1) is 19.8. The number of anilines is 1. The first-order valence-corrected chi connectivity index (χ1v) is 10.8. The molecule has 0 N–H and O–H groups in total. The van der Waals surface area contributed by atoms with Crippen molar-refractivity contribution in [2.24, 2.45) is 5.92 Å². The van der Waals surface area contributed by atoms with Crippen LogP contribution in [-0.4, -0.2) is 61.4 Å². The average Bonchev–Trinajstić information content (AvgIpc) is 2.78. The van der Waals surface area contributed by atoms with Gasteiger partial charge in [0.15, 0.2) is 0 Å². The van der Waals surface area contributed by atoms with E-state index in [1.54, 1.807) is 7.11 Å². The van der Waals surface area contributed by atoms with E-state index >= 15 is 0 Å². The number of nitrogens with zero attached hydrogens (tertiary/aromatic N) is 3. The molecule has 0 bridgehead atoms. The molecule has 0 aromatic heterocycles. The van der Waals surface area contributed by atoms with Gasteiger partial charge in [-0.25, -0.2) is 0 Å². The molecule has 0 spiro atoms. The summed E-state index contributed by atoms with van der Waals surface area (Å²) in [6.07, 6.45) is 7.86. The maximum Gasteiger partial charge on any atom is 0.236 e. The van der Waals surface area contributed by atoms with Crippen molar-refractivity contribution in [3.8, 4) is 5.75 Å². The van der Waals surface area contributed by atoms with Gasteiger partial charge >= 0.3 is 0 Å². The van der Waals surface area contributed by atoms with E-state index in [4.69, 9.17) is 4.74 Å². The average molecular weight is 398 g/mol. The smallest absolute Gasteiger partial charge is 0.236 e. The van der Waals surface area contributed by atoms with Gasteiger partial charge in [-0.15, -0.1) is 0 Å². The molecule has 2 aliphatic heterocycles. The zero-order valence-corrected chi connectivity index (χ0v) is 17.3. The Kier molecular flexibility index (Phi) is 6.07. The van der Waals surface area contributed by atoms with Crippen molar-refractivity contribution in [3.05, 3.63) is 36.0 Å². The summed E-state index contributed by atoms with van der Waals surface area (Å²) in [6.45, 7) is 3.52. The Bertz CT molecular complexity index is 783. The highest BCUT2D eigenvalue weighted by molar-refractivity contribution is 5.97. The van der Waals surface area contributed by atoms with Gasteiger partial charge in [0.2, 0.25) is 11.8 Å². The van der Waals surface area contributed by atoms with E-state index < -0.39 is 0 Å². The number of benzene rings is 1. The van der Waals surface area contributed by atoms with Gasteiger partial charge < -0.3 is 19.4 Å². The Morgan fingerprint density at radius 1 is 1.00 bits per heavy atom. The van der Waals surface area contributed by atoms with Gasteiger partial charge in [-0.3, -0.25) is 9.59 Å². The number of hydrogen-bond acceptors (Lipinski definition) is 4. The molecule has 1 unspecified atom stereocenters. The van der Waals surface area contributed by atoms with Crippen molar-refractivity contribution in [2.45, 2.75) is 38.5 Å². The van der Waals surface area contributed by atoms with Gasteiger partial charge in [0.25, 0.3) is 0 Å². The molecule has 156 valence electrons. The van der Waals surface area contributed by atoms with Gasteiger partial charge in [0.1, 0.15) is 12.2 Å². The zero-order valence-electron chi connectivity index (χ0n) is 17.3. The number of rotatable bonds is 4. The molecule has 6 heteroatoms. The number of piperidine rings is 1. The third-order valence-corrected chi connectivity index (χ3v) is 6.44. The van der Waals surface area contributed by atoms with E-state index in [1.165, 1.54) is 25.0 Å². The molecule has 1 aliphatic carbocycles. The van der Waals surface area contributed by atoms with E-state index in [0.29, 0.717) is 19.0 Å². The van der Waals surface area contributed by atoms with E-state index in [2.05, 4.69) is 11.0 Å². The molecule has 1 atom stereocenters. The molecular formula is C23H31N3O3. The quantitative estimate of drug-likeness (QED) is 0.733. The normalized spacial score (nSPS) is 22.0. The highest BCUT2D eigenvalue weighted by Crippen LogP contribution is 2.35. The SMILES string of the molecule is COc1ccccc1N1CCN(C(=O)CC(=O)N2CCCC3CCCC=C32)CC1. The maximum absolute atomic E-state index is 12.9. The third-order valence-electron chi connectivity index (χ3n) is 6.44. The number of carbonyl (C=O) groups excluding carboxylic acids is 2. The number of ether oxygens (including phenoxy) is 1. The number of para-hydroxylation sites is 2. The van der Waals surface area contributed by atoms with Crippen molar-refractivity contribution in [1.82, 2.24) is 9.80 Å². The monoisotopic (exact) mass is 397 g/mol. The molecule has 29 heavy (non-hydrogen) atoms. The van der Waals surface area contributed by atoms with Gasteiger partial charge in [0, 0.05) is 38.4 Å². The minimum atomic E-state index is -0.0480. The van der Waals surface area contributed by atoms with Crippen LogP contribution in [-0.2, 0) is 9.59 Å². The van der Waals surface area contributed by atoms with Crippen LogP contribution < -0.4 is 9.64 Å². The Hall–Kier alpha value is -2.50.